The summed E-state index contributed by atoms with van der Waals surface area (Å²) in [6.45, 7) is 0.460. The van der Waals surface area contributed by atoms with E-state index in [0.29, 0.717) is 19.4 Å². The molecule has 15 heavy (non-hydrogen) atoms. The molecular weight excluding hydrogens is 198 g/mol. The lowest BCUT2D eigenvalue weighted by Gasteiger charge is -2.19. The van der Waals surface area contributed by atoms with Crippen molar-refractivity contribution in [2.75, 3.05) is 20.7 Å². The van der Waals surface area contributed by atoms with Crippen LogP contribution in [0.3, 0.4) is 0 Å². The molecule has 0 aromatic rings. The van der Waals surface area contributed by atoms with E-state index < -0.39 is 0 Å². The number of carbonyl (C=O) groups is 1. The lowest BCUT2D eigenvalue weighted by Crippen LogP contribution is -2.32. The fraction of sp³-hybridized carbons (Fsp3) is 0.900. The number of aliphatic hydroxyl groups is 1. The molecule has 0 spiro atoms. The molecule has 1 aliphatic carbocycles. The lowest BCUT2D eigenvalue weighted by atomic mass is 10.0. The second kappa shape index (κ2) is 3.98. The van der Waals surface area contributed by atoms with Crippen molar-refractivity contribution >= 4 is 6.09 Å². The zero-order valence-electron chi connectivity index (χ0n) is 9.05. The lowest BCUT2D eigenvalue weighted by molar-refractivity contribution is 0.0360. The molecule has 1 N–H and O–H groups in total. The number of hydrogen-bond donors (Lipinski definition) is 1. The van der Waals surface area contributed by atoms with Crippen LogP contribution in [0.2, 0.25) is 0 Å². The quantitative estimate of drug-likeness (QED) is 0.680. The molecule has 4 atom stereocenters. The molecule has 2 aliphatic rings. The maximum absolute atomic E-state index is 11.4. The summed E-state index contributed by atoms with van der Waals surface area (Å²) in [6, 6.07) is 0. The van der Waals surface area contributed by atoms with Crippen LogP contribution >= 0.6 is 0 Å². The molecule has 1 saturated heterocycles. The van der Waals surface area contributed by atoms with E-state index in [1.807, 2.05) is 0 Å². The van der Waals surface area contributed by atoms with Gasteiger partial charge in [0.05, 0.1) is 18.8 Å². The number of amides is 1. The number of ether oxygens (including phenoxy) is 2. The fourth-order valence-electron chi connectivity index (χ4n) is 2.29. The minimum atomic E-state index is -0.342. The smallest absolute Gasteiger partial charge is 0.409 e. The predicted molar refractivity (Wildman–Crippen MR) is 52.4 cm³/mol. The van der Waals surface area contributed by atoms with Gasteiger partial charge in [0, 0.05) is 20.0 Å². The van der Waals surface area contributed by atoms with Crippen LogP contribution in [0.5, 0.6) is 0 Å². The van der Waals surface area contributed by atoms with Crippen molar-refractivity contribution in [3.8, 4) is 0 Å². The molecule has 86 valence electrons. The van der Waals surface area contributed by atoms with Gasteiger partial charge in [0.2, 0.25) is 0 Å². The molecule has 1 aliphatic heterocycles. The van der Waals surface area contributed by atoms with E-state index in [9.17, 15) is 9.90 Å². The van der Waals surface area contributed by atoms with Crippen LogP contribution in [0.1, 0.15) is 12.8 Å². The van der Waals surface area contributed by atoms with Gasteiger partial charge in [-0.05, 0) is 12.8 Å². The van der Waals surface area contributed by atoms with Gasteiger partial charge in [-0.25, -0.2) is 4.79 Å². The Balaban J connectivity index is 1.92. The van der Waals surface area contributed by atoms with E-state index in [1.165, 1.54) is 4.90 Å². The standard InChI is InChI=1S/C10H17NO4/c1-11(2)10(13)15-9-5-14-8-4-6(12)3-7(8)9/h6-9,12H,3-5H2,1-2H3. The van der Waals surface area contributed by atoms with E-state index in [4.69, 9.17) is 9.47 Å². The van der Waals surface area contributed by atoms with Crippen molar-refractivity contribution in [1.29, 1.82) is 0 Å². The molecular formula is C10H17NO4. The summed E-state index contributed by atoms with van der Waals surface area (Å²) in [5.74, 6) is 0.170. The number of nitrogens with zero attached hydrogens (tertiary/aromatic N) is 1. The summed E-state index contributed by atoms with van der Waals surface area (Å²) in [5, 5.41) is 9.47. The van der Waals surface area contributed by atoms with Gasteiger partial charge in [0.15, 0.2) is 0 Å². The predicted octanol–water partition coefficient (Wildman–Crippen LogP) is 0.223. The number of aliphatic hydroxyl groups excluding tert-OH is 1. The third kappa shape index (κ3) is 2.08. The maximum atomic E-state index is 11.4. The summed E-state index contributed by atoms with van der Waals surface area (Å²) in [6.07, 6.45) is 0.574. The van der Waals surface area contributed by atoms with Crippen molar-refractivity contribution in [1.82, 2.24) is 4.90 Å². The van der Waals surface area contributed by atoms with E-state index in [2.05, 4.69) is 0 Å². The molecule has 5 nitrogen and oxygen atoms in total. The molecule has 0 bridgehead atoms. The van der Waals surface area contributed by atoms with E-state index in [-0.39, 0.29) is 30.3 Å². The monoisotopic (exact) mass is 215 g/mol. The largest absolute Gasteiger partial charge is 0.443 e. The van der Waals surface area contributed by atoms with Crippen LogP contribution in [0.4, 0.5) is 4.79 Å². The summed E-state index contributed by atoms with van der Waals surface area (Å²) < 4.78 is 10.8. The van der Waals surface area contributed by atoms with Gasteiger partial charge in [-0.2, -0.15) is 0 Å². The summed E-state index contributed by atoms with van der Waals surface area (Å²) in [5.41, 5.74) is 0. The molecule has 1 heterocycles. The zero-order chi connectivity index (χ0) is 11.0. The Morgan fingerprint density at radius 2 is 2.20 bits per heavy atom. The van der Waals surface area contributed by atoms with Gasteiger partial charge in [-0.15, -0.1) is 0 Å². The average Bonchev–Trinajstić information content (AvgIpc) is 2.66. The molecule has 2 fully saturated rings. The molecule has 0 aromatic carbocycles. The number of rotatable bonds is 1. The Morgan fingerprint density at radius 1 is 1.47 bits per heavy atom. The van der Waals surface area contributed by atoms with Crippen LogP contribution < -0.4 is 0 Å². The summed E-state index contributed by atoms with van der Waals surface area (Å²) >= 11 is 0. The molecule has 0 aromatic heterocycles. The van der Waals surface area contributed by atoms with Gasteiger partial charge in [0.1, 0.15) is 6.10 Å². The van der Waals surface area contributed by atoms with Crippen molar-refractivity contribution in [2.45, 2.75) is 31.2 Å². The molecule has 2 rings (SSSR count). The molecule has 0 radical (unpaired) electrons. The minimum Gasteiger partial charge on any atom is -0.443 e. The number of fused-ring (bicyclic) bond motifs is 1. The van der Waals surface area contributed by atoms with Gasteiger partial charge in [-0.3, -0.25) is 0 Å². The first kappa shape index (κ1) is 10.7. The first-order valence-corrected chi connectivity index (χ1v) is 5.25. The summed E-state index contributed by atoms with van der Waals surface area (Å²) in [4.78, 5) is 12.8. The van der Waals surface area contributed by atoms with Crippen molar-refractivity contribution < 1.29 is 19.4 Å². The van der Waals surface area contributed by atoms with E-state index in [0.717, 1.165) is 0 Å². The number of carbonyl (C=O) groups excluding carboxylic acids is 1. The first-order chi connectivity index (χ1) is 7.08. The molecule has 1 amide bonds. The van der Waals surface area contributed by atoms with Crippen LogP contribution in [0, 0.1) is 5.92 Å². The highest BCUT2D eigenvalue weighted by molar-refractivity contribution is 5.67. The second-order valence-electron chi connectivity index (χ2n) is 4.48. The maximum Gasteiger partial charge on any atom is 0.409 e. The van der Waals surface area contributed by atoms with Gasteiger partial charge in [-0.1, -0.05) is 0 Å². The third-order valence-corrected chi connectivity index (χ3v) is 3.10. The van der Waals surface area contributed by atoms with Gasteiger partial charge in [0.25, 0.3) is 0 Å². The van der Waals surface area contributed by atoms with Crippen molar-refractivity contribution in [2.24, 2.45) is 5.92 Å². The van der Waals surface area contributed by atoms with E-state index in [1.54, 1.807) is 14.1 Å². The highest BCUT2D eigenvalue weighted by Gasteiger charge is 2.46. The average molecular weight is 215 g/mol. The second-order valence-corrected chi connectivity index (χ2v) is 4.48. The highest BCUT2D eigenvalue weighted by Crippen LogP contribution is 2.37. The normalized spacial score (nSPS) is 38.9. The Kier molecular flexibility index (Phi) is 2.84. The Bertz CT molecular complexity index is 256. The fourth-order valence-corrected chi connectivity index (χ4v) is 2.29. The minimum absolute atomic E-state index is 0.0694. The van der Waals surface area contributed by atoms with Crippen molar-refractivity contribution in [3.05, 3.63) is 0 Å². The zero-order valence-corrected chi connectivity index (χ0v) is 9.05. The molecule has 4 unspecified atom stereocenters. The molecule has 1 saturated carbocycles. The van der Waals surface area contributed by atoms with E-state index >= 15 is 0 Å². The third-order valence-electron chi connectivity index (χ3n) is 3.10. The highest BCUT2D eigenvalue weighted by atomic mass is 16.6. The Labute approximate surface area is 89.0 Å². The Morgan fingerprint density at radius 3 is 2.87 bits per heavy atom. The number of hydrogen-bond acceptors (Lipinski definition) is 4. The summed E-state index contributed by atoms with van der Waals surface area (Å²) in [7, 11) is 3.30. The van der Waals surface area contributed by atoms with Crippen LogP contribution in [-0.4, -0.2) is 55.1 Å². The Hall–Kier alpha value is -0.810. The van der Waals surface area contributed by atoms with Gasteiger partial charge < -0.3 is 19.5 Å². The van der Waals surface area contributed by atoms with Crippen molar-refractivity contribution in [3.63, 3.8) is 0 Å². The molecule has 5 heteroatoms. The first-order valence-electron chi connectivity index (χ1n) is 5.25. The SMILES string of the molecule is CN(C)C(=O)OC1COC2CC(O)CC21. The van der Waals surface area contributed by atoms with Crippen LogP contribution in [0.25, 0.3) is 0 Å². The topological polar surface area (TPSA) is 59.0 Å². The van der Waals surface area contributed by atoms with Gasteiger partial charge >= 0.3 is 6.09 Å². The van der Waals surface area contributed by atoms with Crippen LogP contribution in [-0.2, 0) is 9.47 Å². The van der Waals surface area contributed by atoms with Crippen LogP contribution in [0.15, 0.2) is 0 Å².